The SMILES string of the molecule is COC(=O)c1cncn1CC(F)C(F)F. The maximum absolute atomic E-state index is 12.7. The number of ether oxygens (including phenoxy) is 1. The molecule has 0 aromatic carbocycles. The van der Waals surface area contributed by atoms with Gasteiger partial charge in [-0.15, -0.1) is 0 Å². The minimum absolute atomic E-state index is 0.0548. The van der Waals surface area contributed by atoms with Crippen molar-refractivity contribution >= 4 is 5.97 Å². The summed E-state index contributed by atoms with van der Waals surface area (Å²) in [7, 11) is 1.14. The molecule has 0 saturated carbocycles. The molecule has 1 aromatic heterocycles. The first-order valence-electron chi connectivity index (χ1n) is 4.07. The molecule has 0 fully saturated rings. The lowest BCUT2D eigenvalue weighted by Gasteiger charge is -2.09. The van der Waals surface area contributed by atoms with Crippen LogP contribution in [-0.2, 0) is 11.3 Å². The zero-order chi connectivity index (χ0) is 11.4. The normalized spacial score (nSPS) is 12.9. The van der Waals surface area contributed by atoms with Crippen molar-refractivity contribution in [1.29, 1.82) is 0 Å². The summed E-state index contributed by atoms with van der Waals surface area (Å²) in [5.41, 5.74) is -0.0548. The Balaban J connectivity index is 2.77. The molecule has 1 unspecified atom stereocenters. The standard InChI is InChI=1S/C8H9F3N2O2/c1-15-8(14)6-2-12-4-13(6)3-5(9)7(10)11/h2,4-5,7H,3H2,1H3. The first-order chi connectivity index (χ1) is 7.06. The van der Waals surface area contributed by atoms with Crippen LogP contribution < -0.4 is 0 Å². The van der Waals surface area contributed by atoms with Crippen LogP contribution in [0.15, 0.2) is 12.5 Å². The highest BCUT2D eigenvalue weighted by Gasteiger charge is 2.22. The Hall–Kier alpha value is -1.53. The van der Waals surface area contributed by atoms with Crippen molar-refractivity contribution in [2.24, 2.45) is 0 Å². The molecule has 0 aliphatic heterocycles. The van der Waals surface area contributed by atoms with Gasteiger partial charge in [-0.3, -0.25) is 0 Å². The maximum atomic E-state index is 12.7. The van der Waals surface area contributed by atoms with Gasteiger partial charge in [0.05, 0.1) is 26.2 Å². The lowest BCUT2D eigenvalue weighted by atomic mass is 10.3. The number of hydrogen-bond donors (Lipinski definition) is 0. The van der Waals surface area contributed by atoms with Gasteiger partial charge in [0.25, 0.3) is 6.43 Å². The molecule has 0 N–H and O–H groups in total. The highest BCUT2D eigenvalue weighted by atomic mass is 19.3. The molecule has 0 saturated heterocycles. The van der Waals surface area contributed by atoms with E-state index in [-0.39, 0.29) is 5.69 Å². The summed E-state index contributed by atoms with van der Waals surface area (Å²) in [6, 6.07) is 0. The summed E-state index contributed by atoms with van der Waals surface area (Å²) in [5, 5.41) is 0. The molecule has 0 bridgehead atoms. The summed E-state index contributed by atoms with van der Waals surface area (Å²) < 4.78 is 41.9. The second kappa shape index (κ2) is 4.81. The number of methoxy groups -OCH3 is 1. The molecule has 1 atom stereocenters. The molecule has 0 aliphatic rings. The average Bonchev–Trinajstić information content (AvgIpc) is 2.64. The number of alkyl halides is 3. The summed E-state index contributed by atoms with van der Waals surface area (Å²) in [5.74, 6) is -0.742. The molecule has 0 aliphatic carbocycles. The van der Waals surface area contributed by atoms with Crippen LogP contribution >= 0.6 is 0 Å². The fourth-order valence-corrected chi connectivity index (χ4v) is 1.01. The lowest BCUT2D eigenvalue weighted by molar-refractivity contribution is 0.0385. The average molecular weight is 222 g/mol. The van der Waals surface area contributed by atoms with Crippen molar-refractivity contribution in [3.05, 3.63) is 18.2 Å². The van der Waals surface area contributed by atoms with Gasteiger partial charge in [0.2, 0.25) is 0 Å². The second-order valence-corrected chi connectivity index (χ2v) is 2.77. The Morgan fingerprint density at radius 1 is 1.60 bits per heavy atom. The fourth-order valence-electron chi connectivity index (χ4n) is 1.01. The number of hydrogen-bond acceptors (Lipinski definition) is 3. The minimum atomic E-state index is -3.09. The summed E-state index contributed by atoms with van der Waals surface area (Å²) in [6.07, 6.45) is -3.19. The van der Waals surface area contributed by atoms with E-state index in [1.54, 1.807) is 0 Å². The monoisotopic (exact) mass is 222 g/mol. The van der Waals surface area contributed by atoms with E-state index in [4.69, 9.17) is 0 Å². The lowest BCUT2D eigenvalue weighted by Crippen LogP contribution is -2.21. The van der Waals surface area contributed by atoms with Crippen LogP contribution in [0.25, 0.3) is 0 Å². The predicted octanol–water partition coefficient (Wildman–Crippen LogP) is 1.27. The summed E-state index contributed by atoms with van der Waals surface area (Å²) in [4.78, 5) is 14.6. The van der Waals surface area contributed by atoms with Crippen LogP contribution in [0, 0.1) is 0 Å². The minimum Gasteiger partial charge on any atom is -0.464 e. The van der Waals surface area contributed by atoms with Crippen LogP contribution in [0.4, 0.5) is 13.2 Å². The largest absolute Gasteiger partial charge is 0.464 e. The maximum Gasteiger partial charge on any atom is 0.356 e. The van der Waals surface area contributed by atoms with E-state index >= 15 is 0 Å². The molecule has 4 nitrogen and oxygen atoms in total. The van der Waals surface area contributed by atoms with Crippen molar-refractivity contribution in [2.75, 3.05) is 7.11 Å². The first-order valence-corrected chi connectivity index (χ1v) is 4.07. The van der Waals surface area contributed by atoms with Crippen molar-refractivity contribution in [3.63, 3.8) is 0 Å². The van der Waals surface area contributed by atoms with Gasteiger partial charge in [-0.25, -0.2) is 22.9 Å². The molecule has 0 spiro atoms. The summed E-state index contributed by atoms with van der Waals surface area (Å²) in [6.45, 7) is -0.623. The van der Waals surface area contributed by atoms with Crippen molar-refractivity contribution < 1.29 is 22.7 Å². The van der Waals surface area contributed by atoms with E-state index in [0.29, 0.717) is 0 Å². The molecule has 0 amide bonds. The zero-order valence-electron chi connectivity index (χ0n) is 7.86. The molecule has 15 heavy (non-hydrogen) atoms. The van der Waals surface area contributed by atoms with Crippen molar-refractivity contribution in [3.8, 4) is 0 Å². The van der Waals surface area contributed by atoms with Crippen LogP contribution in [0.5, 0.6) is 0 Å². The van der Waals surface area contributed by atoms with Crippen LogP contribution in [0.1, 0.15) is 10.5 Å². The molecule has 84 valence electrons. The topological polar surface area (TPSA) is 44.1 Å². The zero-order valence-corrected chi connectivity index (χ0v) is 7.86. The van der Waals surface area contributed by atoms with E-state index in [0.717, 1.165) is 24.2 Å². The highest BCUT2D eigenvalue weighted by Crippen LogP contribution is 2.10. The van der Waals surface area contributed by atoms with Crippen LogP contribution in [0.2, 0.25) is 0 Å². The van der Waals surface area contributed by atoms with E-state index in [1.165, 1.54) is 0 Å². The van der Waals surface area contributed by atoms with E-state index in [1.807, 2.05) is 0 Å². The second-order valence-electron chi connectivity index (χ2n) is 2.77. The predicted molar refractivity (Wildman–Crippen MR) is 44.5 cm³/mol. The number of imidazole rings is 1. The van der Waals surface area contributed by atoms with E-state index in [2.05, 4.69) is 9.72 Å². The number of carbonyl (C=O) groups excluding carboxylic acids is 1. The van der Waals surface area contributed by atoms with Gasteiger partial charge < -0.3 is 9.30 Å². The van der Waals surface area contributed by atoms with E-state index in [9.17, 15) is 18.0 Å². The van der Waals surface area contributed by atoms with Gasteiger partial charge in [-0.2, -0.15) is 0 Å². The Morgan fingerprint density at radius 2 is 2.27 bits per heavy atom. The molecule has 1 aromatic rings. The molecular formula is C8H9F3N2O2. The molecule has 1 rings (SSSR count). The summed E-state index contributed by atoms with van der Waals surface area (Å²) >= 11 is 0. The van der Waals surface area contributed by atoms with Gasteiger partial charge >= 0.3 is 5.97 Å². The van der Waals surface area contributed by atoms with Gasteiger partial charge in [-0.1, -0.05) is 0 Å². The van der Waals surface area contributed by atoms with Crippen LogP contribution in [-0.4, -0.2) is 35.2 Å². The fraction of sp³-hybridized carbons (Fsp3) is 0.500. The Bertz CT molecular complexity index is 340. The smallest absolute Gasteiger partial charge is 0.356 e. The van der Waals surface area contributed by atoms with E-state index < -0.39 is 25.1 Å². The first kappa shape index (κ1) is 11.5. The van der Waals surface area contributed by atoms with Crippen LogP contribution in [0.3, 0.4) is 0 Å². The number of halogens is 3. The highest BCUT2D eigenvalue weighted by molar-refractivity contribution is 5.87. The third kappa shape index (κ3) is 2.71. The van der Waals surface area contributed by atoms with Crippen molar-refractivity contribution in [2.45, 2.75) is 19.1 Å². The third-order valence-electron chi connectivity index (χ3n) is 1.75. The number of esters is 1. The molecule has 0 radical (unpaired) electrons. The quantitative estimate of drug-likeness (QED) is 0.720. The van der Waals surface area contributed by atoms with Gasteiger partial charge in [0, 0.05) is 0 Å². The van der Waals surface area contributed by atoms with Crippen molar-refractivity contribution in [1.82, 2.24) is 9.55 Å². The Labute approximate surface area is 83.7 Å². The number of carbonyl (C=O) groups is 1. The van der Waals surface area contributed by atoms with Gasteiger partial charge in [0.1, 0.15) is 5.69 Å². The third-order valence-corrected chi connectivity index (χ3v) is 1.75. The Kier molecular flexibility index (Phi) is 3.70. The molecular weight excluding hydrogens is 213 g/mol. The number of rotatable bonds is 4. The molecule has 7 heteroatoms. The van der Waals surface area contributed by atoms with Gasteiger partial charge in [-0.05, 0) is 0 Å². The Morgan fingerprint density at radius 3 is 2.80 bits per heavy atom. The molecule has 1 heterocycles. The number of nitrogens with zero attached hydrogens (tertiary/aromatic N) is 2. The van der Waals surface area contributed by atoms with Gasteiger partial charge in [0.15, 0.2) is 6.17 Å². The number of aromatic nitrogens is 2.